The average molecular weight is 348 g/mol. The number of nitrogens with zero attached hydrogens (tertiary/aromatic N) is 2. The Hall–Kier alpha value is -1.89. The van der Waals surface area contributed by atoms with E-state index in [1.807, 2.05) is 16.3 Å². The van der Waals surface area contributed by atoms with Gasteiger partial charge in [0.25, 0.3) is 5.91 Å². The van der Waals surface area contributed by atoms with Crippen molar-refractivity contribution >= 4 is 29.2 Å². The molecule has 0 atom stereocenters. The van der Waals surface area contributed by atoms with Crippen LogP contribution in [0.3, 0.4) is 0 Å². The smallest absolute Gasteiger partial charge is 0.417 e. The highest BCUT2D eigenvalue weighted by atomic mass is 32.1. The van der Waals surface area contributed by atoms with Crippen molar-refractivity contribution in [2.75, 3.05) is 26.2 Å². The van der Waals surface area contributed by atoms with E-state index >= 15 is 0 Å². The molecule has 0 aromatic carbocycles. The van der Waals surface area contributed by atoms with E-state index in [1.165, 1.54) is 4.88 Å². The van der Waals surface area contributed by atoms with E-state index < -0.39 is 6.09 Å². The second kappa shape index (κ2) is 5.88. The monoisotopic (exact) mass is 348 g/mol. The highest BCUT2D eigenvalue weighted by Gasteiger charge is 2.49. The second-order valence-electron chi connectivity index (χ2n) is 6.90. The van der Waals surface area contributed by atoms with Crippen molar-refractivity contribution in [3.63, 3.8) is 0 Å². The van der Waals surface area contributed by atoms with Crippen molar-refractivity contribution in [2.45, 2.75) is 31.1 Å². The zero-order chi connectivity index (χ0) is 16.7. The standard InChI is InChI=1S/C17H20N2O4S/c20-14-11-23-16(22)19(14)10-12-8-18(9-12)15(21)17(5-1-2-6-17)13-4-3-7-24-13/h3-4,7,12H,1-2,5-6,8-11H2. The summed E-state index contributed by atoms with van der Waals surface area (Å²) in [6, 6.07) is 4.08. The van der Waals surface area contributed by atoms with Gasteiger partial charge in [-0.25, -0.2) is 9.69 Å². The number of amides is 3. The van der Waals surface area contributed by atoms with E-state index in [0.29, 0.717) is 19.6 Å². The van der Waals surface area contributed by atoms with Crippen LogP contribution >= 0.6 is 11.3 Å². The fourth-order valence-electron chi connectivity index (χ4n) is 4.06. The lowest BCUT2D eigenvalue weighted by atomic mass is 9.81. The first-order valence-electron chi connectivity index (χ1n) is 8.41. The maximum absolute atomic E-state index is 13.1. The van der Waals surface area contributed by atoms with Crippen LogP contribution in [0, 0.1) is 5.92 Å². The van der Waals surface area contributed by atoms with Gasteiger partial charge in [-0.3, -0.25) is 9.59 Å². The lowest BCUT2D eigenvalue weighted by molar-refractivity contribution is -0.144. The summed E-state index contributed by atoms with van der Waals surface area (Å²) < 4.78 is 4.73. The van der Waals surface area contributed by atoms with Gasteiger partial charge in [0.05, 0.1) is 5.41 Å². The summed E-state index contributed by atoms with van der Waals surface area (Å²) in [6.07, 6.45) is 3.47. The third kappa shape index (κ3) is 2.42. The molecule has 2 aliphatic heterocycles. The summed E-state index contributed by atoms with van der Waals surface area (Å²) in [6.45, 7) is 1.43. The maximum Gasteiger partial charge on any atom is 0.417 e. The van der Waals surface area contributed by atoms with Crippen molar-refractivity contribution in [2.24, 2.45) is 5.92 Å². The molecule has 0 N–H and O–H groups in total. The van der Waals surface area contributed by atoms with E-state index in [1.54, 1.807) is 11.3 Å². The topological polar surface area (TPSA) is 66.9 Å². The van der Waals surface area contributed by atoms with Gasteiger partial charge in [0.1, 0.15) is 0 Å². The molecule has 4 rings (SSSR count). The van der Waals surface area contributed by atoms with Crippen LogP contribution in [0.15, 0.2) is 17.5 Å². The molecule has 1 aliphatic carbocycles. The lowest BCUT2D eigenvalue weighted by Crippen LogP contribution is -2.58. The first kappa shape index (κ1) is 15.6. The van der Waals surface area contributed by atoms with Gasteiger partial charge in [-0.2, -0.15) is 0 Å². The fraction of sp³-hybridized carbons (Fsp3) is 0.588. The fourth-order valence-corrected chi connectivity index (χ4v) is 5.04. The maximum atomic E-state index is 13.1. The first-order chi connectivity index (χ1) is 11.6. The molecule has 1 aromatic heterocycles. The summed E-state index contributed by atoms with van der Waals surface area (Å²) in [7, 11) is 0. The van der Waals surface area contributed by atoms with E-state index in [9.17, 15) is 14.4 Å². The number of rotatable bonds is 4. The number of hydrogen-bond acceptors (Lipinski definition) is 5. The molecule has 0 radical (unpaired) electrons. The summed E-state index contributed by atoms with van der Waals surface area (Å²) in [5.41, 5.74) is -0.346. The van der Waals surface area contributed by atoms with E-state index in [-0.39, 0.29) is 29.8 Å². The van der Waals surface area contributed by atoms with E-state index in [4.69, 9.17) is 4.74 Å². The number of thiophene rings is 1. The molecule has 3 heterocycles. The Morgan fingerprint density at radius 1 is 1.29 bits per heavy atom. The van der Waals surface area contributed by atoms with Crippen molar-refractivity contribution in [3.8, 4) is 0 Å². The molecule has 6 nitrogen and oxygen atoms in total. The minimum Gasteiger partial charge on any atom is -0.439 e. The van der Waals surface area contributed by atoms with Crippen molar-refractivity contribution in [1.29, 1.82) is 0 Å². The zero-order valence-corrected chi connectivity index (χ0v) is 14.2. The van der Waals surface area contributed by atoms with Gasteiger partial charge >= 0.3 is 6.09 Å². The summed E-state index contributed by atoms with van der Waals surface area (Å²) in [5.74, 6) is 0.0926. The van der Waals surface area contributed by atoms with Gasteiger partial charge in [0.2, 0.25) is 5.91 Å². The van der Waals surface area contributed by atoms with Crippen LogP contribution in [0.5, 0.6) is 0 Å². The van der Waals surface area contributed by atoms with E-state index in [0.717, 1.165) is 30.6 Å². The first-order valence-corrected chi connectivity index (χ1v) is 9.28. The number of carbonyl (C=O) groups excluding carboxylic acids is 3. The Balaban J connectivity index is 1.40. The molecule has 2 saturated heterocycles. The number of imide groups is 1. The van der Waals surface area contributed by atoms with E-state index in [2.05, 4.69) is 6.07 Å². The van der Waals surface area contributed by atoms with Gasteiger partial charge < -0.3 is 9.64 Å². The van der Waals surface area contributed by atoms with Gasteiger partial charge in [-0.05, 0) is 24.3 Å². The van der Waals surface area contributed by atoms with Crippen LogP contribution in [-0.2, 0) is 19.7 Å². The minimum atomic E-state index is -0.560. The number of carbonyl (C=O) groups is 3. The number of ether oxygens (including phenoxy) is 1. The molecule has 7 heteroatoms. The average Bonchev–Trinajstić information content (AvgIpc) is 3.25. The van der Waals surface area contributed by atoms with Gasteiger partial charge in [-0.15, -0.1) is 11.3 Å². The molecule has 3 fully saturated rings. The quantitative estimate of drug-likeness (QED) is 0.835. The summed E-state index contributed by atoms with van der Waals surface area (Å²) >= 11 is 1.67. The van der Waals surface area contributed by atoms with Crippen LogP contribution in [0.1, 0.15) is 30.6 Å². The molecular formula is C17H20N2O4S. The van der Waals surface area contributed by atoms with Crippen molar-refractivity contribution in [1.82, 2.24) is 9.80 Å². The van der Waals surface area contributed by atoms with Crippen LogP contribution in [0.2, 0.25) is 0 Å². The second-order valence-corrected chi connectivity index (χ2v) is 7.85. The molecule has 3 amide bonds. The van der Waals surface area contributed by atoms with Crippen LogP contribution in [0.4, 0.5) is 4.79 Å². The molecule has 3 aliphatic rings. The molecule has 128 valence electrons. The number of cyclic esters (lactones) is 1. The Morgan fingerprint density at radius 2 is 2.04 bits per heavy atom. The molecule has 1 saturated carbocycles. The molecule has 1 aromatic rings. The van der Waals surface area contributed by atoms with Crippen LogP contribution in [0.25, 0.3) is 0 Å². The van der Waals surface area contributed by atoms with Crippen molar-refractivity contribution < 1.29 is 19.1 Å². The number of likely N-dealkylation sites (tertiary alicyclic amines) is 1. The highest BCUT2D eigenvalue weighted by molar-refractivity contribution is 7.10. The normalized spacial score (nSPS) is 23.5. The highest BCUT2D eigenvalue weighted by Crippen LogP contribution is 2.45. The molecule has 0 spiro atoms. The predicted molar refractivity (Wildman–Crippen MR) is 87.6 cm³/mol. The molecular weight excluding hydrogens is 328 g/mol. The summed E-state index contributed by atoms with van der Waals surface area (Å²) in [4.78, 5) is 40.4. The van der Waals surface area contributed by atoms with Crippen molar-refractivity contribution in [3.05, 3.63) is 22.4 Å². The third-order valence-electron chi connectivity index (χ3n) is 5.39. The third-order valence-corrected chi connectivity index (χ3v) is 6.46. The Bertz CT molecular complexity index is 644. The zero-order valence-electron chi connectivity index (χ0n) is 13.4. The number of hydrogen-bond donors (Lipinski definition) is 0. The SMILES string of the molecule is O=C1COC(=O)N1CC1CN(C(=O)C2(c3cccs3)CCCC2)C1. The Morgan fingerprint density at radius 3 is 2.62 bits per heavy atom. The Labute approximate surface area is 144 Å². The molecule has 0 bridgehead atoms. The van der Waals surface area contributed by atoms with Crippen LogP contribution in [-0.4, -0.2) is 53.9 Å². The molecule has 24 heavy (non-hydrogen) atoms. The predicted octanol–water partition coefficient (Wildman–Crippen LogP) is 2.00. The molecule has 0 unspecified atom stereocenters. The largest absolute Gasteiger partial charge is 0.439 e. The van der Waals surface area contributed by atoms with Gasteiger partial charge in [0, 0.05) is 30.4 Å². The van der Waals surface area contributed by atoms with Gasteiger partial charge in [-0.1, -0.05) is 18.9 Å². The van der Waals surface area contributed by atoms with Gasteiger partial charge in [0.15, 0.2) is 6.61 Å². The summed E-state index contributed by atoms with van der Waals surface area (Å²) in [5, 5.41) is 2.03. The van der Waals surface area contributed by atoms with Crippen LogP contribution < -0.4 is 0 Å². The Kier molecular flexibility index (Phi) is 3.83. The minimum absolute atomic E-state index is 0.157. The lowest BCUT2D eigenvalue weighted by Gasteiger charge is -2.44.